The third kappa shape index (κ3) is 1.06. The van der Waals surface area contributed by atoms with Crippen LogP contribution in [0.2, 0.25) is 0 Å². The van der Waals surface area contributed by atoms with Gasteiger partial charge in [-0.25, -0.2) is 0 Å². The maximum Gasteiger partial charge on any atom is 0.302 e. The van der Waals surface area contributed by atoms with Crippen LogP contribution < -0.4 is 0 Å². The summed E-state index contributed by atoms with van der Waals surface area (Å²) < 4.78 is 5.10. The maximum atomic E-state index is 10.7. The zero-order valence-electron chi connectivity index (χ0n) is 6.87. The summed E-state index contributed by atoms with van der Waals surface area (Å²) in [5.74, 6) is 0.670. The number of ether oxygens (including phenoxy) is 1. The van der Waals surface area contributed by atoms with Gasteiger partial charge in [0.15, 0.2) is 0 Å². The van der Waals surface area contributed by atoms with Crippen molar-refractivity contribution < 1.29 is 9.53 Å². The van der Waals surface area contributed by atoms with Crippen LogP contribution in [0.5, 0.6) is 0 Å². The molecule has 2 nitrogen and oxygen atoms in total. The summed E-state index contributed by atoms with van der Waals surface area (Å²) in [5.41, 5.74) is 0. The first-order chi connectivity index (χ1) is 5.70. The van der Waals surface area contributed by atoms with Crippen molar-refractivity contribution in [1.29, 1.82) is 0 Å². The van der Waals surface area contributed by atoms with Crippen LogP contribution in [0.1, 0.15) is 13.3 Å². The molecular formula is C9H11ClO2. The minimum absolute atomic E-state index is 0.00218. The zero-order chi connectivity index (χ0) is 8.72. The lowest BCUT2D eigenvalue weighted by Gasteiger charge is -2.43. The highest BCUT2D eigenvalue weighted by Crippen LogP contribution is 2.47. The van der Waals surface area contributed by atoms with Crippen LogP contribution >= 0.6 is 11.6 Å². The van der Waals surface area contributed by atoms with Gasteiger partial charge < -0.3 is 4.74 Å². The quantitative estimate of drug-likeness (QED) is 0.354. The number of carbonyl (C=O) groups is 1. The van der Waals surface area contributed by atoms with Gasteiger partial charge >= 0.3 is 5.97 Å². The van der Waals surface area contributed by atoms with Crippen molar-refractivity contribution >= 4 is 17.6 Å². The summed E-state index contributed by atoms with van der Waals surface area (Å²) in [6.45, 7) is 1.43. The molecule has 1 fully saturated rings. The Morgan fingerprint density at radius 2 is 2.42 bits per heavy atom. The van der Waals surface area contributed by atoms with Gasteiger partial charge in [0.05, 0.1) is 5.38 Å². The maximum absolute atomic E-state index is 10.7. The Kier molecular flexibility index (Phi) is 1.87. The fourth-order valence-corrected chi connectivity index (χ4v) is 2.55. The third-order valence-corrected chi connectivity index (χ3v) is 3.21. The summed E-state index contributed by atoms with van der Waals surface area (Å²) >= 11 is 6.03. The molecule has 0 spiro atoms. The normalized spacial score (nSPS) is 43.5. The van der Waals surface area contributed by atoms with Gasteiger partial charge in [-0.2, -0.15) is 0 Å². The van der Waals surface area contributed by atoms with E-state index in [4.69, 9.17) is 16.3 Å². The highest BCUT2D eigenvalue weighted by Gasteiger charge is 2.51. The molecule has 4 atom stereocenters. The van der Waals surface area contributed by atoms with Crippen LogP contribution in [0.4, 0.5) is 0 Å². The number of esters is 1. The number of rotatable bonds is 1. The third-order valence-electron chi connectivity index (χ3n) is 2.67. The molecule has 2 aliphatic rings. The van der Waals surface area contributed by atoms with Gasteiger partial charge in [0.1, 0.15) is 6.10 Å². The summed E-state index contributed by atoms with van der Waals surface area (Å²) in [4.78, 5) is 10.7. The summed E-state index contributed by atoms with van der Waals surface area (Å²) in [5, 5.41) is -0.00218. The van der Waals surface area contributed by atoms with Crippen molar-refractivity contribution in [1.82, 2.24) is 0 Å². The Hall–Kier alpha value is -0.500. The van der Waals surface area contributed by atoms with Crippen LogP contribution in [0.15, 0.2) is 12.2 Å². The number of hydrogen-bond acceptors (Lipinski definition) is 2. The van der Waals surface area contributed by atoms with E-state index in [0.29, 0.717) is 11.8 Å². The van der Waals surface area contributed by atoms with Crippen LogP contribution in [0.25, 0.3) is 0 Å². The molecule has 2 rings (SSSR count). The molecule has 0 bridgehead atoms. The minimum atomic E-state index is -0.226. The monoisotopic (exact) mass is 186 g/mol. The largest absolute Gasteiger partial charge is 0.461 e. The van der Waals surface area contributed by atoms with E-state index in [-0.39, 0.29) is 17.5 Å². The molecule has 12 heavy (non-hydrogen) atoms. The Bertz CT molecular complexity index is 237. The number of alkyl halides is 1. The molecule has 0 aliphatic heterocycles. The highest BCUT2D eigenvalue weighted by molar-refractivity contribution is 6.22. The number of halogens is 1. The fourth-order valence-electron chi connectivity index (χ4n) is 2.04. The van der Waals surface area contributed by atoms with Crippen molar-refractivity contribution in [2.45, 2.75) is 24.8 Å². The predicted molar refractivity (Wildman–Crippen MR) is 45.9 cm³/mol. The zero-order valence-corrected chi connectivity index (χ0v) is 7.62. The van der Waals surface area contributed by atoms with Crippen LogP contribution in [0.3, 0.4) is 0 Å². The molecule has 66 valence electrons. The van der Waals surface area contributed by atoms with Crippen molar-refractivity contribution in [3.8, 4) is 0 Å². The van der Waals surface area contributed by atoms with E-state index >= 15 is 0 Å². The molecule has 0 radical (unpaired) electrons. The molecule has 2 aliphatic carbocycles. The molecular weight excluding hydrogens is 176 g/mol. The van der Waals surface area contributed by atoms with Crippen molar-refractivity contribution in [2.75, 3.05) is 0 Å². The van der Waals surface area contributed by atoms with E-state index in [9.17, 15) is 4.79 Å². The molecule has 0 saturated heterocycles. The molecule has 0 amide bonds. The highest BCUT2D eigenvalue weighted by atomic mass is 35.5. The first kappa shape index (κ1) is 8.11. The molecule has 0 aromatic rings. The average Bonchev–Trinajstić information content (AvgIpc) is 2.44. The topological polar surface area (TPSA) is 26.3 Å². The summed E-state index contributed by atoms with van der Waals surface area (Å²) in [6.07, 6.45) is 5.20. The van der Waals surface area contributed by atoms with Crippen LogP contribution in [-0.2, 0) is 9.53 Å². The smallest absolute Gasteiger partial charge is 0.302 e. The van der Waals surface area contributed by atoms with E-state index in [1.807, 2.05) is 0 Å². The number of fused-ring (bicyclic) bond motifs is 1. The van der Waals surface area contributed by atoms with Gasteiger partial charge in [0.25, 0.3) is 0 Å². The second-order valence-electron chi connectivity index (χ2n) is 3.42. The number of hydrogen-bond donors (Lipinski definition) is 0. The van der Waals surface area contributed by atoms with E-state index < -0.39 is 0 Å². The Labute approximate surface area is 76.5 Å². The molecule has 0 unspecified atom stereocenters. The lowest BCUT2D eigenvalue weighted by Crippen LogP contribution is -2.52. The molecule has 0 heterocycles. The van der Waals surface area contributed by atoms with E-state index in [1.54, 1.807) is 0 Å². The molecule has 0 aromatic carbocycles. The van der Waals surface area contributed by atoms with Crippen molar-refractivity contribution in [2.24, 2.45) is 11.8 Å². The van der Waals surface area contributed by atoms with E-state index in [0.717, 1.165) is 6.42 Å². The van der Waals surface area contributed by atoms with Gasteiger partial charge in [-0.15, -0.1) is 11.6 Å². The lowest BCUT2D eigenvalue weighted by atomic mass is 9.72. The Morgan fingerprint density at radius 3 is 3.08 bits per heavy atom. The number of carbonyl (C=O) groups excluding carboxylic acids is 1. The summed E-state index contributed by atoms with van der Waals surface area (Å²) in [6, 6.07) is 0. The average molecular weight is 187 g/mol. The molecule has 0 aromatic heterocycles. The molecule has 3 heteroatoms. The Balaban J connectivity index is 1.98. The van der Waals surface area contributed by atoms with Crippen molar-refractivity contribution in [3.05, 3.63) is 12.2 Å². The minimum Gasteiger partial charge on any atom is -0.461 e. The van der Waals surface area contributed by atoms with Gasteiger partial charge in [-0.1, -0.05) is 12.2 Å². The van der Waals surface area contributed by atoms with E-state index in [1.165, 1.54) is 6.92 Å². The standard InChI is InChI=1S/C9H11ClO2/c1-5(11)12-9-7-4-2-3-6(7)8(9)10/h2-3,6-9H,4H2,1H3/t6-,7+,8-,9+/m0/s1. The molecule has 1 saturated carbocycles. The SMILES string of the molecule is CC(=O)O[C@H]1[C@@H](Cl)[C@H]2C=CC[C@H]21. The van der Waals surface area contributed by atoms with Gasteiger partial charge in [-0.05, 0) is 6.42 Å². The van der Waals surface area contributed by atoms with Gasteiger partial charge in [0.2, 0.25) is 0 Å². The lowest BCUT2D eigenvalue weighted by molar-refractivity contribution is -0.156. The van der Waals surface area contributed by atoms with E-state index in [2.05, 4.69) is 12.2 Å². The second kappa shape index (κ2) is 2.77. The second-order valence-corrected chi connectivity index (χ2v) is 3.93. The molecule has 0 N–H and O–H groups in total. The Morgan fingerprint density at radius 1 is 1.67 bits per heavy atom. The van der Waals surface area contributed by atoms with Gasteiger partial charge in [0, 0.05) is 18.8 Å². The van der Waals surface area contributed by atoms with Crippen LogP contribution in [0, 0.1) is 11.8 Å². The first-order valence-corrected chi connectivity index (χ1v) is 4.62. The summed E-state index contributed by atoms with van der Waals surface area (Å²) in [7, 11) is 0. The predicted octanol–water partition coefficient (Wildman–Crippen LogP) is 1.73. The van der Waals surface area contributed by atoms with Crippen molar-refractivity contribution in [3.63, 3.8) is 0 Å². The van der Waals surface area contributed by atoms with Gasteiger partial charge in [-0.3, -0.25) is 4.79 Å². The first-order valence-electron chi connectivity index (χ1n) is 4.18. The fraction of sp³-hybridized carbons (Fsp3) is 0.667. The van der Waals surface area contributed by atoms with Crippen LogP contribution in [-0.4, -0.2) is 17.5 Å². The number of allylic oxidation sites excluding steroid dienone is 2.